The number of aliphatic hydroxyl groups is 1. The van der Waals surface area contributed by atoms with Crippen LogP contribution < -0.4 is 4.74 Å². The zero-order valence-corrected chi connectivity index (χ0v) is 16.3. The van der Waals surface area contributed by atoms with E-state index >= 15 is 0 Å². The highest BCUT2D eigenvalue weighted by atomic mass is 16.5. The third kappa shape index (κ3) is 5.27. The maximum atomic E-state index is 11.0. The number of methoxy groups -OCH3 is 1. The number of benzene rings is 1. The highest BCUT2D eigenvalue weighted by molar-refractivity contribution is 5.51. The maximum Gasteiger partial charge on any atom is 0.124 e. The molecule has 0 aliphatic carbocycles. The number of nitrogens with zero attached hydrogens (tertiary/aromatic N) is 1. The van der Waals surface area contributed by atoms with Crippen LogP contribution in [0.3, 0.4) is 0 Å². The average molecular weight is 365 g/mol. The van der Waals surface area contributed by atoms with Crippen molar-refractivity contribution in [2.45, 2.75) is 45.4 Å². The van der Waals surface area contributed by atoms with Gasteiger partial charge in [-0.2, -0.15) is 0 Å². The fourth-order valence-electron chi connectivity index (χ4n) is 3.27. The second-order valence-electron chi connectivity index (χ2n) is 7.17. The lowest BCUT2D eigenvalue weighted by molar-refractivity contribution is -0.126. The highest BCUT2D eigenvalue weighted by Crippen LogP contribution is 2.29. The molecule has 1 aliphatic rings. The summed E-state index contributed by atoms with van der Waals surface area (Å²) in [4.78, 5) is 13.1. The Morgan fingerprint density at radius 3 is 2.77 bits per heavy atom. The van der Waals surface area contributed by atoms with Gasteiger partial charge in [0.2, 0.25) is 0 Å². The summed E-state index contributed by atoms with van der Waals surface area (Å²) < 4.78 is 16.6. The molecule has 1 aromatic rings. The minimum atomic E-state index is -1.13. The van der Waals surface area contributed by atoms with E-state index in [0.717, 1.165) is 17.6 Å². The first kappa shape index (κ1) is 20.8. The van der Waals surface area contributed by atoms with Crippen molar-refractivity contribution in [2.24, 2.45) is 0 Å². The van der Waals surface area contributed by atoms with E-state index in [9.17, 15) is 9.90 Å². The number of hydrogen-bond donors (Lipinski definition) is 1. The van der Waals surface area contributed by atoms with Crippen molar-refractivity contribution >= 4 is 6.29 Å². The summed E-state index contributed by atoms with van der Waals surface area (Å²) in [5.74, 6) is 0.838. The van der Waals surface area contributed by atoms with Gasteiger partial charge in [0, 0.05) is 32.2 Å². The Balaban J connectivity index is 2.23. The van der Waals surface area contributed by atoms with E-state index in [1.54, 1.807) is 14.0 Å². The molecule has 6 nitrogen and oxygen atoms in total. The van der Waals surface area contributed by atoms with Gasteiger partial charge in [0.05, 0.1) is 31.5 Å². The van der Waals surface area contributed by atoms with Crippen LogP contribution in [0.4, 0.5) is 0 Å². The Morgan fingerprint density at radius 1 is 1.35 bits per heavy atom. The Hall–Kier alpha value is -1.47. The minimum absolute atomic E-state index is 0.0850. The quantitative estimate of drug-likeness (QED) is 0.532. The lowest BCUT2D eigenvalue weighted by atomic mass is 9.91. The average Bonchev–Trinajstić information content (AvgIpc) is 2.59. The molecule has 1 aromatic carbocycles. The summed E-state index contributed by atoms with van der Waals surface area (Å²) in [6.45, 7) is 9.21. The second-order valence-corrected chi connectivity index (χ2v) is 7.17. The Bertz CT molecular complexity index is 602. The van der Waals surface area contributed by atoms with Gasteiger partial charge in [-0.05, 0) is 38.0 Å². The molecule has 1 fully saturated rings. The minimum Gasteiger partial charge on any atom is -0.491 e. The summed E-state index contributed by atoms with van der Waals surface area (Å²) in [6.07, 6.45) is 0.851. The molecule has 1 N–H and O–H groups in total. The van der Waals surface area contributed by atoms with Crippen molar-refractivity contribution in [3.8, 4) is 5.75 Å². The first-order valence-corrected chi connectivity index (χ1v) is 9.08. The van der Waals surface area contributed by atoms with E-state index in [1.807, 2.05) is 0 Å². The van der Waals surface area contributed by atoms with Crippen molar-refractivity contribution in [1.82, 2.24) is 4.90 Å². The van der Waals surface area contributed by atoms with E-state index in [0.29, 0.717) is 39.5 Å². The SMILES string of the molecule is COCCOc1cc(C)c(C)cc1CN1CCOCC1C(C)(O)CC=O. The molecule has 0 bridgehead atoms. The maximum absolute atomic E-state index is 11.0. The summed E-state index contributed by atoms with van der Waals surface area (Å²) >= 11 is 0. The number of carbonyl (C=O) groups excluding carboxylic acids is 1. The van der Waals surface area contributed by atoms with E-state index in [4.69, 9.17) is 14.2 Å². The van der Waals surface area contributed by atoms with Crippen molar-refractivity contribution in [3.63, 3.8) is 0 Å². The Kier molecular flexibility index (Phi) is 7.58. The third-order valence-corrected chi connectivity index (χ3v) is 5.05. The number of ether oxygens (including phenoxy) is 3. The second kappa shape index (κ2) is 9.46. The largest absolute Gasteiger partial charge is 0.491 e. The smallest absolute Gasteiger partial charge is 0.124 e. The normalized spacial score (nSPS) is 20.6. The molecule has 1 heterocycles. The summed E-state index contributed by atoms with van der Waals surface area (Å²) in [7, 11) is 1.65. The summed E-state index contributed by atoms with van der Waals surface area (Å²) in [6, 6.07) is 3.95. The molecule has 2 rings (SSSR count). The number of hydrogen-bond acceptors (Lipinski definition) is 6. The van der Waals surface area contributed by atoms with Crippen LogP contribution in [0.1, 0.15) is 30.0 Å². The lowest BCUT2D eigenvalue weighted by Gasteiger charge is -2.43. The number of aryl methyl sites for hydroxylation is 2. The van der Waals surface area contributed by atoms with E-state index in [1.165, 1.54) is 11.1 Å². The monoisotopic (exact) mass is 365 g/mol. The van der Waals surface area contributed by atoms with Gasteiger partial charge in [-0.15, -0.1) is 0 Å². The fraction of sp³-hybridized carbons (Fsp3) is 0.650. The highest BCUT2D eigenvalue weighted by Gasteiger charge is 2.38. The predicted molar refractivity (Wildman–Crippen MR) is 99.6 cm³/mol. The predicted octanol–water partition coefficient (Wildman–Crippen LogP) is 1.87. The molecule has 2 unspecified atom stereocenters. The molecule has 0 radical (unpaired) electrons. The molecule has 1 aliphatic heterocycles. The van der Waals surface area contributed by atoms with Crippen LogP contribution in [-0.4, -0.2) is 68.0 Å². The zero-order valence-electron chi connectivity index (χ0n) is 16.3. The van der Waals surface area contributed by atoms with Gasteiger partial charge in [-0.3, -0.25) is 4.90 Å². The lowest BCUT2D eigenvalue weighted by Crippen LogP contribution is -2.57. The molecule has 146 valence electrons. The first-order valence-electron chi connectivity index (χ1n) is 9.08. The molecule has 26 heavy (non-hydrogen) atoms. The molecule has 0 spiro atoms. The van der Waals surface area contributed by atoms with E-state index in [2.05, 4.69) is 30.9 Å². The number of aldehydes is 1. The van der Waals surface area contributed by atoms with Gasteiger partial charge < -0.3 is 24.1 Å². The molecular weight excluding hydrogens is 334 g/mol. The molecule has 6 heteroatoms. The third-order valence-electron chi connectivity index (χ3n) is 5.05. The fourth-order valence-corrected chi connectivity index (χ4v) is 3.27. The summed E-state index contributed by atoms with van der Waals surface area (Å²) in [5, 5.41) is 10.7. The standard InChI is InChI=1S/C20H31NO5/c1-15-11-17(18(12-16(15)2)26-10-9-24-4)13-21-6-8-25-14-19(21)20(3,23)5-7-22/h7,11-12,19,23H,5-6,8-10,13-14H2,1-4H3. The van der Waals surface area contributed by atoms with Crippen LogP contribution in [0.5, 0.6) is 5.75 Å². The number of rotatable bonds is 9. The molecular formula is C20H31NO5. The molecule has 1 saturated heterocycles. The van der Waals surface area contributed by atoms with Crippen LogP contribution in [0.15, 0.2) is 12.1 Å². The topological polar surface area (TPSA) is 68.2 Å². The van der Waals surface area contributed by atoms with Gasteiger partial charge in [0.15, 0.2) is 0 Å². The van der Waals surface area contributed by atoms with Crippen molar-refractivity contribution < 1.29 is 24.1 Å². The van der Waals surface area contributed by atoms with Gasteiger partial charge in [0.1, 0.15) is 18.6 Å². The van der Waals surface area contributed by atoms with Crippen molar-refractivity contribution in [2.75, 3.05) is 40.1 Å². The molecule has 0 aromatic heterocycles. The first-order chi connectivity index (χ1) is 12.4. The van der Waals surface area contributed by atoms with Gasteiger partial charge in [-0.1, -0.05) is 6.07 Å². The molecule has 0 amide bonds. The molecule has 2 atom stereocenters. The van der Waals surface area contributed by atoms with Crippen LogP contribution in [-0.2, 0) is 20.8 Å². The Morgan fingerprint density at radius 2 is 2.08 bits per heavy atom. The van der Waals surface area contributed by atoms with Gasteiger partial charge >= 0.3 is 0 Å². The van der Waals surface area contributed by atoms with E-state index in [-0.39, 0.29) is 12.5 Å². The summed E-state index contributed by atoms with van der Waals surface area (Å²) in [5.41, 5.74) is 2.31. The van der Waals surface area contributed by atoms with Crippen LogP contribution >= 0.6 is 0 Å². The van der Waals surface area contributed by atoms with E-state index < -0.39 is 5.60 Å². The van der Waals surface area contributed by atoms with Crippen LogP contribution in [0, 0.1) is 13.8 Å². The van der Waals surface area contributed by atoms with Crippen LogP contribution in [0.25, 0.3) is 0 Å². The van der Waals surface area contributed by atoms with Gasteiger partial charge in [-0.25, -0.2) is 0 Å². The zero-order chi connectivity index (χ0) is 19.2. The Labute approximate surface area is 156 Å². The van der Waals surface area contributed by atoms with Gasteiger partial charge in [0.25, 0.3) is 0 Å². The van der Waals surface area contributed by atoms with Crippen LogP contribution in [0.2, 0.25) is 0 Å². The number of carbonyl (C=O) groups is 1. The van der Waals surface area contributed by atoms with Crippen molar-refractivity contribution in [3.05, 3.63) is 28.8 Å². The molecule has 0 saturated carbocycles. The number of morpholine rings is 1. The van der Waals surface area contributed by atoms with Crippen molar-refractivity contribution in [1.29, 1.82) is 0 Å².